The standard InChI is InChI=1S/C16H25NO3S/c1-5-8-12-11(7-3)9-13(21-12)15(18)17-14(16(19)20)10(4)6-2/h9-10,14H,5-8H2,1-4H3,(H,17,18)(H,19,20). The minimum atomic E-state index is -0.973. The first kappa shape index (κ1) is 17.7. The van der Waals surface area contributed by atoms with E-state index in [1.54, 1.807) is 0 Å². The van der Waals surface area contributed by atoms with Crippen LogP contribution in [0, 0.1) is 5.92 Å². The van der Waals surface area contributed by atoms with Crippen molar-refractivity contribution in [3.05, 3.63) is 21.4 Å². The summed E-state index contributed by atoms with van der Waals surface area (Å²) in [6.07, 6.45) is 3.61. The summed E-state index contributed by atoms with van der Waals surface area (Å²) in [5.74, 6) is -1.34. The number of carboxylic acid groups (broad SMARTS) is 1. The van der Waals surface area contributed by atoms with Crippen molar-refractivity contribution >= 4 is 23.2 Å². The van der Waals surface area contributed by atoms with Gasteiger partial charge in [0.15, 0.2) is 0 Å². The highest BCUT2D eigenvalue weighted by atomic mass is 32.1. The van der Waals surface area contributed by atoms with Crippen molar-refractivity contribution in [2.75, 3.05) is 0 Å². The molecule has 1 aromatic rings. The van der Waals surface area contributed by atoms with E-state index in [-0.39, 0.29) is 11.8 Å². The number of rotatable bonds is 8. The molecule has 0 saturated carbocycles. The fourth-order valence-electron chi connectivity index (χ4n) is 2.21. The zero-order valence-corrected chi connectivity index (χ0v) is 14.0. The van der Waals surface area contributed by atoms with E-state index in [0.717, 1.165) is 19.3 Å². The summed E-state index contributed by atoms with van der Waals surface area (Å²) in [5.41, 5.74) is 1.20. The molecule has 4 nitrogen and oxygen atoms in total. The Balaban J connectivity index is 2.90. The molecule has 0 spiro atoms. The fraction of sp³-hybridized carbons (Fsp3) is 0.625. The number of thiophene rings is 1. The molecular weight excluding hydrogens is 286 g/mol. The molecule has 0 aliphatic carbocycles. The molecule has 1 rings (SSSR count). The number of nitrogens with one attached hydrogen (secondary N) is 1. The first-order valence-electron chi connectivity index (χ1n) is 7.59. The molecule has 1 heterocycles. The molecule has 2 unspecified atom stereocenters. The highest BCUT2D eigenvalue weighted by molar-refractivity contribution is 7.14. The van der Waals surface area contributed by atoms with Crippen LogP contribution in [0.4, 0.5) is 0 Å². The summed E-state index contributed by atoms with van der Waals surface area (Å²) in [4.78, 5) is 25.4. The van der Waals surface area contributed by atoms with Crippen molar-refractivity contribution in [3.63, 3.8) is 0 Å². The third-order valence-corrected chi connectivity index (χ3v) is 4.98. The van der Waals surface area contributed by atoms with Gasteiger partial charge in [0.1, 0.15) is 6.04 Å². The largest absolute Gasteiger partial charge is 0.480 e. The molecule has 5 heteroatoms. The second-order valence-electron chi connectivity index (χ2n) is 5.34. The zero-order valence-electron chi connectivity index (χ0n) is 13.2. The number of aliphatic carboxylic acids is 1. The maximum atomic E-state index is 12.3. The van der Waals surface area contributed by atoms with Crippen LogP contribution in [0.1, 0.15) is 60.6 Å². The number of amides is 1. The van der Waals surface area contributed by atoms with Crippen LogP contribution in [0.15, 0.2) is 6.07 Å². The number of carbonyl (C=O) groups excluding carboxylic acids is 1. The van der Waals surface area contributed by atoms with Crippen molar-refractivity contribution in [1.29, 1.82) is 0 Å². The SMILES string of the molecule is CCCc1sc(C(=O)NC(C(=O)O)C(C)CC)cc1CC. The van der Waals surface area contributed by atoms with Crippen LogP contribution in [-0.2, 0) is 17.6 Å². The van der Waals surface area contributed by atoms with E-state index in [0.29, 0.717) is 11.3 Å². The molecule has 0 radical (unpaired) electrons. The van der Waals surface area contributed by atoms with Crippen molar-refractivity contribution in [1.82, 2.24) is 5.32 Å². The number of carbonyl (C=O) groups is 2. The second kappa shape index (κ2) is 8.17. The van der Waals surface area contributed by atoms with E-state index in [2.05, 4.69) is 19.2 Å². The zero-order chi connectivity index (χ0) is 16.0. The molecule has 2 atom stereocenters. The third-order valence-electron chi connectivity index (χ3n) is 3.74. The van der Waals surface area contributed by atoms with Crippen molar-refractivity contribution in [2.45, 2.75) is 59.4 Å². The highest BCUT2D eigenvalue weighted by Crippen LogP contribution is 2.25. The van der Waals surface area contributed by atoms with Crippen LogP contribution in [0.3, 0.4) is 0 Å². The molecule has 21 heavy (non-hydrogen) atoms. The van der Waals surface area contributed by atoms with Gasteiger partial charge in [0, 0.05) is 4.88 Å². The van der Waals surface area contributed by atoms with Gasteiger partial charge in [-0.05, 0) is 30.4 Å². The van der Waals surface area contributed by atoms with Gasteiger partial charge in [-0.3, -0.25) is 4.79 Å². The number of hydrogen-bond acceptors (Lipinski definition) is 3. The Kier molecular flexibility index (Phi) is 6.89. The summed E-state index contributed by atoms with van der Waals surface area (Å²) in [6.45, 7) is 7.95. The summed E-state index contributed by atoms with van der Waals surface area (Å²) >= 11 is 1.48. The molecule has 0 aliphatic heterocycles. The van der Waals surface area contributed by atoms with Gasteiger partial charge in [0.2, 0.25) is 0 Å². The van der Waals surface area contributed by atoms with Crippen molar-refractivity contribution in [3.8, 4) is 0 Å². The monoisotopic (exact) mass is 311 g/mol. The van der Waals surface area contributed by atoms with E-state index in [1.807, 2.05) is 19.9 Å². The predicted octanol–water partition coefficient (Wildman–Crippen LogP) is 3.49. The van der Waals surface area contributed by atoms with Crippen LogP contribution in [0.5, 0.6) is 0 Å². The topological polar surface area (TPSA) is 66.4 Å². The molecular formula is C16H25NO3S. The van der Waals surface area contributed by atoms with Crippen LogP contribution in [0.2, 0.25) is 0 Å². The maximum absolute atomic E-state index is 12.3. The Hall–Kier alpha value is -1.36. The summed E-state index contributed by atoms with van der Waals surface area (Å²) < 4.78 is 0. The lowest BCUT2D eigenvalue weighted by molar-refractivity contribution is -0.140. The molecule has 0 bridgehead atoms. The first-order chi connectivity index (χ1) is 9.94. The van der Waals surface area contributed by atoms with Crippen LogP contribution >= 0.6 is 11.3 Å². The fourth-order valence-corrected chi connectivity index (χ4v) is 3.47. The van der Waals surface area contributed by atoms with Crippen molar-refractivity contribution in [2.24, 2.45) is 5.92 Å². The van der Waals surface area contributed by atoms with Gasteiger partial charge in [-0.2, -0.15) is 0 Å². The molecule has 0 aromatic carbocycles. The Morgan fingerprint density at radius 3 is 2.48 bits per heavy atom. The molecule has 0 saturated heterocycles. The second-order valence-corrected chi connectivity index (χ2v) is 6.47. The van der Waals surface area contributed by atoms with Gasteiger partial charge >= 0.3 is 5.97 Å². The molecule has 1 aromatic heterocycles. The van der Waals surface area contributed by atoms with Crippen molar-refractivity contribution < 1.29 is 14.7 Å². The van der Waals surface area contributed by atoms with Gasteiger partial charge < -0.3 is 10.4 Å². The quantitative estimate of drug-likeness (QED) is 0.772. The smallest absolute Gasteiger partial charge is 0.326 e. The van der Waals surface area contributed by atoms with Gasteiger partial charge in [0.25, 0.3) is 5.91 Å². The van der Waals surface area contributed by atoms with Gasteiger partial charge in [-0.25, -0.2) is 4.79 Å². The highest BCUT2D eigenvalue weighted by Gasteiger charge is 2.26. The van der Waals surface area contributed by atoms with E-state index >= 15 is 0 Å². The Bertz CT molecular complexity index is 496. The van der Waals surface area contributed by atoms with E-state index in [9.17, 15) is 14.7 Å². The average Bonchev–Trinajstić information content (AvgIpc) is 2.87. The maximum Gasteiger partial charge on any atom is 0.326 e. The van der Waals surface area contributed by atoms with E-state index in [1.165, 1.54) is 21.8 Å². The molecule has 118 valence electrons. The van der Waals surface area contributed by atoms with E-state index in [4.69, 9.17) is 0 Å². The lowest BCUT2D eigenvalue weighted by Crippen LogP contribution is -2.44. The number of carboxylic acids is 1. The number of hydrogen-bond donors (Lipinski definition) is 2. The molecule has 1 amide bonds. The summed E-state index contributed by atoms with van der Waals surface area (Å²) in [6, 6.07) is 1.07. The normalized spacial score (nSPS) is 13.7. The minimum absolute atomic E-state index is 0.0906. The predicted molar refractivity (Wildman–Crippen MR) is 86.0 cm³/mol. The molecule has 0 aliphatic rings. The Labute approximate surface area is 130 Å². The minimum Gasteiger partial charge on any atom is -0.480 e. The van der Waals surface area contributed by atoms with Crippen LogP contribution < -0.4 is 5.32 Å². The Morgan fingerprint density at radius 2 is 2.00 bits per heavy atom. The van der Waals surface area contributed by atoms with Gasteiger partial charge in [0.05, 0.1) is 4.88 Å². The number of aryl methyl sites for hydroxylation is 2. The average molecular weight is 311 g/mol. The molecule has 2 N–H and O–H groups in total. The third kappa shape index (κ3) is 4.56. The van der Waals surface area contributed by atoms with Gasteiger partial charge in [-0.15, -0.1) is 11.3 Å². The van der Waals surface area contributed by atoms with Crippen LogP contribution in [-0.4, -0.2) is 23.0 Å². The molecule has 0 fully saturated rings. The van der Waals surface area contributed by atoms with Crippen LogP contribution in [0.25, 0.3) is 0 Å². The summed E-state index contributed by atoms with van der Waals surface area (Å²) in [7, 11) is 0. The lowest BCUT2D eigenvalue weighted by atomic mass is 9.99. The lowest BCUT2D eigenvalue weighted by Gasteiger charge is -2.19. The summed E-state index contributed by atoms with van der Waals surface area (Å²) in [5, 5.41) is 11.9. The first-order valence-corrected chi connectivity index (χ1v) is 8.41. The Morgan fingerprint density at radius 1 is 1.33 bits per heavy atom. The van der Waals surface area contributed by atoms with Gasteiger partial charge in [-0.1, -0.05) is 40.5 Å². The van der Waals surface area contributed by atoms with E-state index < -0.39 is 12.0 Å².